The van der Waals surface area contributed by atoms with E-state index < -0.39 is 35.9 Å². The Hall–Kier alpha value is -1.51. The van der Waals surface area contributed by atoms with Gasteiger partial charge in [0.2, 0.25) is 0 Å². The van der Waals surface area contributed by atoms with Crippen molar-refractivity contribution in [1.29, 1.82) is 0 Å². The predicted molar refractivity (Wildman–Crippen MR) is 52.8 cm³/mol. The lowest BCUT2D eigenvalue weighted by atomic mass is 10.2. The summed E-state index contributed by atoms with van der Waals surface area (Å²) in [5.74, 6) is -1.53. The van der Waals surface area contributed by atoms with Crippen LogP contribution in [0.1, 0.15) is 19.8 Å². The second-order valence-corrected chi connectivity index (χ2v) is 4.23. The van der Waals surface area contributed by atoms with Gasteiger partial charge < -0.3 is 20.8 Å². The molecule has 9 heteroatoms. The highest BCUT2D eigenvalue weighted by molar-refractivity contribution is 5.83. The quantitative estimate of drug-likeness (QED) is 0.587. The maximum absolute atomic E-state index is 12.5. The van der Waals surface area contributed by atoms with E-state index in [1.807, 2.05) is 0 Å². The van der Waals surface area contributed by atoms with Gasteiger partial charge in [-0.05, 0) is 19.8 Å². The van der Waals surface area contributed by atoms with Gasteiger partial charge in [0.05, 0.1) is 6.10 Å². The molecule has 1 rings (SSSR count). The molecule has 0 bridgehead atoms. The Morgan fingerprint density at radius 3 is 2.11 bits per heavy atom. The number of carboxylic acid groups (broad SMARTS) is 1. The van der Waals surface area contributed by atoms with Crippen LogP contribution in [0.3, 0.4) is 0 Å². The largest absolute Gasteiger partial charge is 0.480 e. The lowest BCUT2D eigenvalue weighted by Gasteiger charge is -2.23. The van der Waals surface area contributed by atoms with E-state index in [2.05, 4.69) is 0 Å². The van der Waals surface area contributed by atoms with E-state index in [0.717, 1.165) is 6.92 Å². The molecule has 1 saturated carbocycles. The van der Waals surface area contributed by atoms with E-state index >= 15 is 0 Å². The number of aliphatic hydroxyl groups excluding tert-OH is 1. The van der Waals surface area contributed by atoms with Crippen LogP contribution >= 0.6 is 0 Å². The van der Waals surface area contributed by atoms with Crippen LogP contribution < -0.4 is 10.6 Å². The highest BCUT2D eigenvalue weighted by atomic mass is 19.4. The molecule has 2 amide bonds. The molecule has 0 aromatic heterocycles. The molecule has 0 heterocycles. The summed E-state index contributed by atoms with van der Waals surface area (Å²) in [5, 5.41) is 21.2. The molecule has 0 spiro atoms. The van der Waals surface area contributed by atoms with Crippen LogP contribution in [0, 0.1) is 0 Å². The number of carboxylic acids is 1. The Kier molecular flexibility index (Phi) is 3.75. The normalized spacial score (nSPS) is 20.7. The van der Waals surface area contributed by atoms with Crippen LogP contribution in [-0.2, 0) is 4.79 Å². The number of alkyl halides is 3. The summed E-state index contributed by atoms with van der Waals surface area (Å²) in [4.78, 5) is 21.9. The summed E-state index contributed by atoms with van der Waals surface area (Å²) in [6.07, 6.45) is -6.48. The molecule has 0 radical (unpaired) electrons. The average molecular weight is 270 g/mol. The Balaban J connectivity index is 2.60. The van der Waals surface area contributed by atoms with Gasteiger partial charge in [-0.15, -0.1) is 0 Å². The number of aliphatic hydroxyl groups is 1. The van der Waals surface area contributed by atoms with Gasteiger partial charge in [-0.3, -0.25) is 0 Å². The van der Waals surface area contributed by atoms with Crippen molar-refractivity contribution in [3.8, 4) is 0 Å². The number of aliphatic carboxylic acids is 1. The van der Waals surface area contributed by atoms with Crippen molar-refractivity contribution >= 4 is 12.0 Å². The fourth-order valence-corrected chi connectivity index (χ4v) is 1.39. The van der Waals surface area contributed by atoms with Gasteiger partial charge >= 0.3 is 18.2 Å². The maximum atomic E-state index is 12.5. The standard InChI is InChI=1S/C9H13F3N2O4/c1-4(15)5(6(16)17)13-7(18)14-8(2-3-8)9(10,11)12/h4-5,15H,2-3H2,1H3,(H,16,17)(H2,13,14,18)/t4-,5+/m1/s1. The second kappa shape index (κ2) is 4.63. The average Bonchev–Trinajstić information content (AvgIpc) is 2.93. The van der Waals surface area contributed by atoms with Gasteiger partial charge in [-0.1, -0.05) is 0 Å². The van der Waals surface area contributed by atoms with E-state index in [0.29, 0.717) is 0 Å². The summed E-state index contributed by atoms with van der Waals surface area (Å²) < 4.78 is 37.5. The van der Waals surface area contributed by atoms with Crippen molar-refractivity contribution in [1.82, 2.24) is 10.6 Å². The van der Waals surface area contributed by atoms with Crippen molar-refractivity contribution < 1.29 is 33.0 Å². The first-order valence-electron chi connectivity index (χ1n) is 5.15. The number of hydrogen-bond acceptors (Lipinski definition) is 3. The summed E-state index contributed by atoms with van der Waals surface area (Å²) in [6, 6.07) is -2.92. The fourth-order valence-electron chi connectivity index (χ4n) is 1.39. The van der Waals surface area contributed by atoms with E-state index in [9.17, 15) is 22.8 Å². The minimum Gasteiger partial charge on any atom is -0.480 e. The van der Waals surface area contributed by atoms with E-state index in [1.54, 1.807) is 10.6 Å². The zero-order chi connectivity index (χ0) is 14.1. The molecule has 1 aliphatic carbocycles. The minimum atomic E-state index is -4.58. The van der Waals surface area contributed by atoms with Gasteiger partial charge in [0.25, 0.3) is 0 Å². The molecule has 4 N–H and O–H groups in total. The first-order chi connectivity index (χ1) is 8.09. The molecule has 0 aromatic carbocycles. The second-order valence-electron chi connectivity index (χ2n) is 4.23. The fraction of sp³-hybridized carbons (Fsp3) is 0.778. The minimum absolute atomic E-state index is 0.240. The molecule has 6 nitrogen and oxygen atoms in total. The van der Waals surface area contributed by atoms with Crippen LogP contribution in [0.2, 0.25) is 0 Å². The van der Waals surface area contributed by atoms with Gasteiger partial charge in [0.15, 0.2) is 6.04 Å². The van der Waals surface area contributed by atoms with Crippen molar-refractivity contribution in [3.63, 3.8) is 0 Å². The van der Waals surface area contributed by atoms with Gasteiger partial charge in [-0.2, -0.15) is 13.2 Å². The lowest BCUT2D eigenvalue weighted by molar-refractivity contribution is -0.162. The first-order valence-corrected chi connectivity index (χ1v) is 5.15. The molecular weight excluding hydrogens is 257 g/mol. The van der Waals surface area contributed by atoms with E-state index in [4.69, 9.17) is 10.2 Å². The van der Waals surface area contributed by atoms with Gasteiger partial charge in [0.1, 0.15) is 5.54 Å². The monoisotopic (exact) mass is 270 g/mol. The van der Waals surface area contributed by atoms with Crippen molar-refractivity contribution in [2.24, 2.45) is 0 Å². The Labute approximate surface area is 100 Å². The van der Waals surface area contributed by atoms with Crippen LogP contribution in [0.15, 0.2) is 0 Å². The third-order valence-electron chi connectivity index (χ3n) is 2.68. The molecule has 18 heavy (non-hydrogen) atoms. The van der Waals surface area contributed by atoms with Gasteiger partial charge in [0, 0.05) is 0 Å². The van der Waals surface area contributed by atoms with E-state index in [-0.39, 0.29) is 12.8 Å². The summed E-state index contributed by atoms with van der Waals surface area (Å²) >= 11 is 0. The van der Waals surface area contributed by atoms with Crippen LogP contribution in [0.25, 0.3) is 0 Å². The van der Waals surface area contributed by atoms with Crippen LogP contribution in [0.5, 0.6) is 0 Å². The molecular formula is C9H13F3N2O4. The molecule has 0 saturated heterocycles. The van der Waals surface area contributed by atoms with Crippen molar-refractivity contribution in [2.75, 3.05) is 0 Å². The molecule has 104 valence electrons. The zero-order valence-electron chi connectivity index (χ0n) is 9.41. The molecule has 1 aliphatic rings. The number of hydrogen-bond donors (Lipinski definition) is 4. The lowest BCUT2D eigenvalue weighted by Crippen LogP contribution is -2.56. The molecule has 1 fully saturated rings. The Morgan fingerprint density at radius 2 is 1.83 bits per heavy atom. The van der Waals surface area contributed by atoms with Crippen molar-refractivity contribution in [3.05, 3.63) is 0 Å². The van der Waals surface area contributed by atoms with Crippen molar-refractivity contribution in [2.45, 2.75) is 43.6 Å². The van der Waals surface area contributed by atoms with Crippen LogP contribution in [0.4, 0.5) is 18.0 Å². The highest BCUT2D eigenvalue weighted by Crippen LogP contribution is 2.48. The predicted octanol–water partition coefficient (Wildman–Crippen LogP) is 0.214. The first kappa shape index (κ1) is 14.6. The third-order valence-corrected chi connectivity index (χ3v) is 2.68. The molecule has 0 aliphatic heterocycles. The third kappa shape index (κ3) is 3.03. The number of carbonyl (C=O) groups excluding carboxylic acids is 1. The molecule has 2 atom stereocenters. The smallest absolute Gasteiger partial charge is 0.411 e. The molecule has 0 unspecified atom stereocenters. The van der Waals surface area contributed by atoms with E-state index in [1.165, 1.54) is 0 Å². The number of amides is 2. The Bertz CT molecular complexity index is 352. The zero-order valence-corrected chi connectivity index (χ0v) is 9.41. The number of halogens is 3. The summed E-state index contributed by atoms with van der Waals surface area (Å²) in [6.45, 7) is 1.11. The van der Waals surface area contributed by atoms with Gasteiger partial charge in [-0.25, -0.2) is 9.59 Å². The SMILES string of the molecule is C[C@@H](O)[C@H](NC(=O)NC1(C(F)(F)F)CC1)C(=O)O. The highest BCUT2D eigenvalue weighted by Gasteiger charge is 2.64. The number of carbonyl (C=O) groups is 2. The summed E-state index contributed by atoms with van der Waals surface area (Å²) in [7, 11) is 0. The maximum Gasteiger partial charge on any atom is 0.411 e. The molecule has 0 aromatic rings. The topological polar surface area (TPSA) is 98.7 Å². The van der Waals surface area contributed by atoms with Crippen LogP contribution in [-0.4, -0.2) is 46.1 Å². The summed E-state index contributed by atoms with van der Waals surface area (Å²) in [5.41, 5.74) is -2.27. The number of urea groups is 1. The number of nitrogens with one attached hydrogen (secondary N) is 2. The number of rotatable bonds is 4. The Morgan fingerprint density at radius 1 is 1.33 bits per heavy atom.